The van der Waals surface area contributed by atoms with Gasteiger partial charge in [0.25, 0.3) is 10.0 Å². The van der Waals surface area contributed by atoms with E-state index in [1.54, 1.807) is 60.5 Å². The van der Waals surface area contributed by atoms with Crippen molar-refractivity contribution >= 4 is 15.7 Å². The van der Waals surface area contributed by atoms with Crippen molar-refractivity contribution in [2.75, 3.05) is 4.72 Å². The average molecular weight is 482 g/mol. The number of nitrogens with zero attached hydrogens (tertiary/aromatic N) is 6. The summed E-state index contributed by atoms with van der Waals surface area (Å²) in [5, 5.41) is 8.76. The minimum atomic E-state index is -3.78. The van der Waals surface area contributed by atoms with Crippen LogP contribution in [0.2, 0.25) is 0 Å². The summed E-state index contributed by atoms with van der Waals surface area (Å²) in [6.07, 6.45) is 0. The second kappa shape index (κ2) is 8.90. The van der Waals surface area contributed by atoms with Gasteiger partial charge < -0.3 is 4.74 Å². The highest BCUT2D eigenvalue weighted by molar-refractivity contribution is 7.92. The van der Waals surface area contributed by atoms with Crippen molar-refractivity contribution in [1.29, 1.82) is 0 Å². The quantitative estimate of drug-likeness (QED) is 0.424. The number of rotatable bonds is 7. The third-order valence-corrected chi connectivity index (χ3v) is 6.87. The fraction of sp³-hybridized carbons (Fsp3) is 0.304. The molecule has 0 fully saturated rings. The van der Waals surface area contributed by atoms with E-state index in [0.717, 1.165) is 11.4 Å². The van der Waals surface area contributed by atoms with Crippen molar-refractivity contribution in [2.45, 2.75) is 53.0 Å². The molecule has 0 aliphatic heterocycles. The third-order valence-electron chi connectivity index (χ3n) is 5.24. The van der Waals surface area contributed by atoms with E-state index < -0.39 is 10.0 Å². The van der Waals surface area contributed by atoms with Gasteiger partial charge in [0, 0.05) is 24.0 Å². The summed E-state index contributed by atoms with van der Waals surface area (Å²) in [7, 11) is -3.78. The predicted octanol–water partition coefficient (Wildman–Crippen LogP) is 4.01. The van der Waals surface area contributed by atoms with E-state index in [1.165, 1.54) is 0 Å². The van der Waals surface area contributed by atoms with Gasteiger partial charge in [0.2, 0.25) is 5.88 Å². The maximum absolute atomic E-state index is 13.0. The molecule has 0 radical (unpaired) electrons. The van der Waals surface area contributed by atoms with Gasteiger partial charge in [-0.25, -0.2) is 18.1 Å². The van der Waals surface area contributed by atoms with E-state index in [2.05, 4.69) is 24.9 Å². The van der Waals surface area contributed by atoms with Gasteiger partial charge in [-0.2, -0.15) is 15.2 Å². The van der Waals surface area contributed by atoms with Crippen LogP contribution in [0, 0.1) is 34.6 Å². The van der Waals surface area contributed by atoms with E-state index in [0.29, 0.717) is 46.9 Å². The minimum absolute atomic E-state index is 0.197. The molecule has 0 aliphatic rings. The monoisotopic (exact) mass is 481 g/mol. The number of sulfonamides is 1. The largest absolute Gasteiger partial charge is 0.439 e. The molecule has 3 aromatic heterocycles. The summed E-state index contributed by atoms with van der Waals surface area (Å²) in [5.74, 6) is 2.02. The Morgan fingerprint density at radius 3 is 2.26 bits per heavy atom. The first-order valence-electron chi connectivity index (χ1n) is 10.8. The van der Waals surface area contributed by atoms with Crippen LogP contribution in [-0.4, -0.2) is 37.9 Å². The summed E-state index contributed by atoms with van der Waals surface area (Å²) in [4.78, 5) is 9.00. The normalized spacial score (nSPS) is 11.6. The van der Waals surface area contributed by atoms with E-state index in [4.69, 9.17) is 4.74 Å². The maximum atomic E-state index is 13.0. The molecular formula is C23H27N7O3S. The number of nitrogens with one attached hydrogen (secondary N) is 1. The van der Waals surface area contributed by atoms with Crippen LogP contribution >= 0.6 is 0 Å². The first kappa shape index (κ1) is 23.4. The van der Waals surface area contributed by atoms with Gasteiger partial charge in [-0.3, -0.25) is 9.40 Å². The Labute approximate surface area is 198 Å². The molecule has 0 saturated carbocycles. The highest BCUT2D eigenvalue weighted by Gasteiger charge is 2.24. The van der Waals surface area contributed by atoms with Gasteiger partial charge in [0.15, 0.2) is 5.82 Å². The Balaban J connectivity index is 1.54. The highest BCUT2D eigenvalue weighted by atomic mass is 32.2. The molecule has 1 N–H and O–H groups in total. The fourth-order valence-corrected chi connectivity index (χ4v) is 5.31. The van der Waals surface area contributed by atoms with Crippen LogP contribution in [0.4, 0.5) is 5.69 Å². The Bertz CT molecular complexity index is 1450. The van der Waals surface area contributed by atoms with E-state index in [1.807, 2.05) is 26.8 Å². The number of aromatic nitrogens is 6. The molecule has 4 aromatic rings. The molecule has 0 unspecified atom stereocenters. The van der Waals surface area contributed by atoms with Crippen LogP contribution in [0.5, 0.6) is 11.6 Å². The van der Waals surface area contributed by atoms with Gasteiger partial charge in [0.1, 0.15) is 16.5 Å². The summed E-state index contributed by atoms with van der Waals surface area (Å²) >= 11 is 0. The van der Waals surface area contributed by atoms with Crippen LogP contribution in [-0.2, 0) is 16.6 Å². The molecule has 1 aromatic carbocycles. The van der Waals surface area contributed by atoms with Gasteiger partial charge >= 0.3 is 0 Å². The second-order valence-corrected chi connectivity index (χ2v) is 9.62. The number of hydrogen-bond donors (Lipinski definition) is 1. The lowest BCUT2D eigenvalue weighted by Crippen LogP contribution is -2.15. The van der Waals surface area contributed by atoms with Crippen LogP contribution in [0.3, 0.4) is 0 Å². The third kappa shape index (κ3) is 4.65. The Morgan fingerprint density at radius 1 is 0.971 bits per heavy atom. The van der Waals surface area contributed by atoms with E-state index in [-0.39, 0.29) is 4.90 Å². The summed E-state index contributed by atoms with van der Waals surface area (Å²) in [6.45, 7) is 11.6. The van der Waals surface area contributed by atoms with Crippen molar-refractivity contribution in [3.8, 4) is 17.4 Å². The average Bonchev–Trinajstić information content (AvgIpc) is 3.25. The molecule has 11 heteroatoms. The zero-order valence-electron chi connectivity index (χ0n) is 20.0. The predicted molar refractivity (Wildman–Crippen MR) is 128 cm³/mol. The van der Waals surface area contributed by atoms with Crippen molar-refractivity contribution < 1.29 is 13.2 Å². The summed E-state index contributed by atoms with van der Waals surface area (Å²) in [5.41, 5.74) is 3.32. The topological polar surface area (TPSA) is 117 Å². The molecule has 0 bridgehead atoms. The fourth-order valence-electron chi connectivity index (χ4n) is 3.84. The minimum Gasteiger partial charge on any atom is -0.439 e. The lowest BCUT2D eigenvalue weighted by molar-refractivity contribution is 0.459. The number of hydrogen-bond acceptors (Lipinski definition) is 7. The second-order valence-electron chi connectivity index (χ2n) is 8.00. The molecule has 0 aliphatic carbocycles. The Kier molecular flexibility index (Phi) is 6.13. The van der Waals surface area contributed by atoms with Gasteiger partial charge in [-0.15, -0.1) is 0 Å². The molecule has 0 atom stereocenters. The molecule has 34 heavy (non-hydrogen) atoms. The number of anilines is 1. The SMILES string of the molecule is CCn1nc(C)c(S(=O)(=O)Nc2ccc(Oc3cc(-n4nc(C)cc4C)nc(C)n3)cc2)c1C. The van der Waals surface area contributed by atoms with Gasteiger partial charge in [0.05, 0.1) is 17.1 Å². The summed E-state index contributed by atoms with van der Waals surface area (Å²) < 4.78 is 37.9. The first-order chi connectivity index (χ1) is 16.1. The van der Waals surface area contributed by atoms with Gasteiger partial charge in [-0.1, -0.05) is 0 Å². The first-order valence-corrected chi connectivity index (χ1v) is 12.3. The van der Waals surface area contributed by atoms with Crippen molar-refractivity contribution in [2.24, 2.45) is 0 Å². The van der Waals surface area contributed by atoms with Crippen LogP contribution in [0.15, 0.2) is 41.3 Å². The zero-order valence-corrected chi connectivity index (χ0v) is 20.8. The maximum Gasteiger partial charge on any atom is 0.265 e. The van der Waals surface area contributed by atoms with Crippen LogP contribution < -0.4 is 9.46 Å². The number of aryl methyl sites for hydroxylation is 5. The molecule has 0 spiro atoms. The van der Waals surface area contributed by atoms with Crippen molar-refractivity contribution in [3.63, 3.8) is 0 Å². The van der Waals surface area contributed by atoms with Crippen LogP contribution in [0.25, 0.3) is 5.82 Å². The van der Waals surface area contributed by atoms with E-state index >= 15 is 0 Å². The van der Waals surface area contributed by atoms with Crippen LogP contribution in [0.1, 0.15) is 35.5 Å². The molecule has 0 amide bonds. The smallest absolute Gasteiger partial charge is 0.265 e. The molecule has 178 valence electrons. The molecule has 10 nitrogen and oxygen atoms in total. The zero-order chi connectivity index (χ0) is 24.6. The molecular weight excluding hydrogens is 454 g/mol. The Hall–Kier alpha value is -3.73. The molecule has 3 heterocycles. The number of ether oxygens (including phenoxy) is 1. The lowest BCUT2D eigenvalue weighted by Gasteiger charge is -2.11. The molecule has 0 saturated heterocycles. The Morgan fingerprint density at radius 2 is 1.68 bits per heavy atom. The molecule has 4 rings (SSSR count). The highest BCUT2D eigenvalue weighted by Crippen LogP contribution is 2.26. The van der Waals surface area contributed by atoms with Crippen molar-refractivity contribution in [3.05, 3.63) is 65.0 Å². The number of benzene rings is 1. The van der Waals surface area contributed by atoms with Gasteiger partial charge in [-0.05, 0) is 71.9 Å². The lowest BCUT2D eigenvalue weighted by atomic mass is 10.3. The van der Waals surface area contributed by atoms with Crippen molar-refractivity contribution in [1.82, 2.24) is 29.5 Å². The summed E-state index contributed by atoms with van der Waals surface area (Å²) in [6, 6.07) is 10.3. The standard InChI is InChI=1S/C23H27N7O3S/c1-7-29-17(5)23(16(4)27-29)34(31,32)28-19-8-10-20(11-9-19)33-22-13-21(24-18(6)25-22)30-15(3)12-14(2)26-30/h8-13,28H,7H2,1-6H3. The van der Waals surface area contributed by atoms with E-state index in [9.17, 15) is 8.42 Å².